The molecule has 0 aliphatic heterocycles. The molecule has 0 bridgehead atoms. The van der Waals surface area contributed by atoms with Crippen LogP contribution < -0.4 is 10.5 Å². The lowest BCUT2D eigenvalue weighted by molar-refractivity contribution is -0.140. The van der Waals surface area contributed by atoms with Gasteiger partial charge in [-0.1, -0.05) is 11.6 Å². The molecule has 0 radical (unpaired) electrons. The van der Waals surface area contributed by atoms with Crippen LogP contribution in [-0.2, 0) is 19.6 Å². The van der Waals surface area contributed by atoms with Crippen molar-refractivity contribution in [3.63, 3.8) is 0 Å². The lowest BCUT2D eigenvalue weighted by Crippen LogP contribution is -2.27. The molecule has 1 aromatic rings. The number of rotatable bonds is 5. The highest BCUT2D eigenvalue weighted by Gasteiger charge is 2.21. The van der Waals surface area contributed by atoms with Gasteiger partial charge in [-0.05, 0) is 12.1 Å². The van der Waals surface area contributed by atoms with Gasteiger partial charge in [0.25, 0.3) is 0 Å². The molecule has 0 spiro atoms. The number of hydrogen-bond acceptors (Lipinski definition) is 5. The number of halogens is 2. The minimum absolute atomic E-state index is 0.0137. The van der Waals surface area contributed by atoms with Crippen LogP contribution in [0.15, 0.2) is 17.0 Å². The average molecular weight is 311 g/mol. The van der Waals surface area contributed by atoms with Gasteiger partial charge in [-0.2, -0.15) is 0 Å². The van der Waals surface area contributed by atoms with Crippen LogP contribution in [0.25, 0.3) is 0 Å². The van der Waals surface area contributed by atoms with E-state index in [1.54, 1.807) is 0 Å². The summed E-state index contributed by atoms with van der Waals surface area (Å²) in [6.07, 6.45) is -0.173. The number of ether oxygens (including phenoxy) is 1. The molecule has 19 heavy (non-hydrogen) atoms. The molecule has 0 atom stereocenters. The van der Waals surface area contributed by atoms with Gasteiger partial charge in [0.1, 0.15) is 4.90 Å². The first-order valence-corrected chi connectivity index (χ1v) is 6.95. The van der Waals surface area contributed by atoms with E-state index in [2.05, 4.69) is 9.46 Å². The average Bonchev–Trinajstić information content (AvgIpc) is 2.33. The van der Waals surface area contributed by atoms with Crippen molar-refractivity contribution >= 4 is 33.3 Å². The standard InChI is InChI=1S/C10H12ClFN2O4S/c1-18-9(15)2-3-14-19(16,17)8-5-6(13)4-7(11)10(8)12/h4-5,14H,2-3,13H2,1H3. The first-order valence-electron chi connectivity index (χ1n) is 5.09. The van der Waals surface area contributed by atoms with Gasteiger partial charge in [0.2, 0.25) is 10.0 Å². The van der Waals surface area contributed by atoms with E-state index in [1.807, 2.05) is 0 Å². The maximum Gasteiger partial charge on any atom is 0.306 e. The zero-order valence-corrected chi connectivity index (χ0v) is 11.5. The number of esters is 1. The monoisotopic (exact) mass is 310 g/mol. The largest absolute Gasteiger partial charge is 0.469 e. The summed E-state index contributed by atoms with van der Waals surface area (Å²) < 4.78 is 43.6. The zero-order chi connectivity index (χ0) is 14.6. The Morgan fingerprint density at radius 3 is 2.74 bits per heavy atom. The van der Waals surface area contributed by atoms with Crippen molar-refractivity contribution in [3.05, 3.63) is 23.0 Å². The van der Waals surface area contributed by atoms with E-state index in [4.69, 9.17) is 17.3 Å². The van der Waals surface area contributed by atoms with Crippen molar-refractivity contribution in [2.75, 3.05) is 19.4 Å². The number of carbonyl (C=O) groups is 1. The summed E-state index contributed by atoms with van der Waals surface area (Å²) >= 11 is 5.51. The summed E-state index contributed by atoms with van der Waals surface area (Å²) in [5, 5.41) is -0.395. The van der Waals surface area contributed by atoms with E-state index >= 15 is 0 Å². The van der Waals surface area contributed by atoms with Crippen LogP contribution in [0.3, 0.4) is 0 Å². The Balaban J connectivity index is 2.92. The summed E-state index contributed by atoms with van der Waals surface area (Å²) in [6.45, 7) is -0.221. The number of benzene rings is 1. The maximum atomic E-state index is 13.6. The predicted molar refractivity (Wildman–Crippen MR) is 67.6 cm³/mol. The second kappa shape index (κ2) is 6.18. The lowest BCUT2D eigenvalue weighted by Gasteiger charge is -2.09. The topological polar surface area (TPSA) is 98.5 Å². The SMILES string of the molecule is COC(=O)CCNS(=O)(=O)c1cc(N)cc(Cl)c1F. The summed E-state index contributed by atoms with van der Waals surface area (Å²) in [4.78, 5) is 10.2. The molecule has 0 unspecified atom stereocenters. The van der Waals surface area contributed by atoms with Gasteiger partial charge in [-0.3, -0.25) is 4.79 Å². The van der Waals surface area contributed by atoms with Gasteiger partial charge in [-0.15, -0.1) is 0 Å². The van der Waals surface area contributed by atoms with Crippen molar-refractivity contribution in [1.29, 1.82) is 0 Å². The Labute approximate surface area is 114 Å². The normalized spacial score (nSPS) is 11.3. The number of nitrogen functional groups attached to an aromatic ring is 1. The Hall–Kier alpha value is -1.38. The number of sulfonamides is 1. The highest BCUT2D eigenvalue weighted by atomic mass is 35.5. The van der Waals surface area contributed by atoms with Crippen molar-refractivity contribution < 1.29 is 22.3 Å². The molecule has 3 N–H and O–H groups in total. The van der Waals surface area contributed by atoms with Crippen LogP contribution in [0.2, 0.25) is 5.02 Å². The van der Waals surface area contributed by atoms with Gasteiger partial charge in [-0.25, -0.2) is 17.5 Å². The van der Waals surface area contributed by atoms with E-state index in [0.29, 0.717) is 0 Å². The molecule has 6 nitrogen and oxygen atoms in total. The Morgan fingerprint density at radius 1 is 1.53 bits per heavy atom. The number of methoxy groups -OCH3 is 1. The zero-order valence-electron chi connectivity index (χ0n) is 9.94. The van der Waals surface area contributed by atoms with E-state index in [9.17, 15) is 17.6 Å². The number of carbonyl (C=O) groups excluding carboxylic acids is 1. The van der Waals surface area contributed by atoms with Crippen LogP contribution in [0.4, 0.5) is 10.1 Å². The van der Waals surface area contributed by atoms with Crippen LogP contribution in [0.5, 0.6) is 0 Å². The Bertz CT molecular complexity index is 591. The molecule has 0 aliphatic rings. The van der Waals surface area contributed by atoms with E-state index < -0.39 is 31.7 Å². The van der Waals surface area contributed by atoms with Gasteiger partial charge >= 0.3 is 5.97 Å². The molecule has 106 valence electrons. The molecule has 9 heteroatoms. The second-order valence-electron chi connectivity index (χ2n) is 3.54. The van der Waals surface area contributed by atoms with Gasteiger partial charge in [0.15, 0.2) is 5.82 Å². The van der Waals surface area contributed by atoms with E-state index in [-0.39, 0.29) is 18.7 Å². The third-order valence-corrected chi connectivity index (χ3v) is 3.89. The molecule has 1 rings (SSSR count). The minimum Gasteiger partial charge on any atom is -0.469 e. The third-order valence-electron chi connectivity index (χ3n) is 2.16. The van der Waals surface area contributed by atoms with Crippen LogP contribution in [-0.4, -0.2) is 28.0 Å². The van der Waals surface area contributed by atoms with Gasteiger partial charge in [0.05, 0.1) is 18.6 Å². The molecule has 0 saturated heterocycles. The molecule has 0 fully saturated rings. The maximum absolute atomic E-state index is 13.6. The number of nitrogens with two attached hydrogens (primary N) is 1. The molecule has 0 aliphatic carbocycles. The molecule has 0 heterocycles. The molecular weight excluding hydrogens is 299 g/mol. The summed E-state index contributed by atoms with van der Waals surface area (Å²) in [5.74, 6) is -1.68. The smallest absolute Gasteiger partial charge is 0.306 e. The van der Waals surface area contributed by atoms with Crippen LogP contribution in [0.1, 0.15) is 6.42 Å². The third kappa shape index (κ3) is 4.05. The van der Waals surface area contributed by atoms with E-state index in [1.165, 1.54) is 7.11 Å². The fourth-order valence-electron chi connectivity index (χ4n) is 1.25. The number of hydrogen-bond donors (Lipinski definition) is 2. The molecule has 1 aromatic carbocycles. The van der Waals surface area contributed by atoms with Crippen molar-refractivity contribution in [3.8, 4) is 0 Å². The van der Waals surface area contributed by atoms with E-state index in [0.717, 1.165) is 12.1 Å². The molecule has 0 amide bonds. The fraction of sp³-hybridized carbons (Fsp3) is 0.300. The van der Waals surface area contributed by atoms with Crippen LogP contribution in [0, 0.1) is 5.82 Å². The highest BCUT2D eigenvalue weighted by molar-refractivity contribution is 7.89. The fourth-order valence-corrected chi connectivity index (χ4v) is 2.69. The number of anilines is 1. The van der Waals surface area contributed by atoms with Crippen LogP contribution >= 0.6 is 11.6 Å². The first-order chi connectivity index (χ1) is 8.77. The Kier molecular flexibility index (Phi) is 5.10. The highest BCUT2D eigenvalue weighted by Crippen LogP contribution is 2.25. The predicted octanol–water partition coefficient (Wildman–Crippen LogP) is 0.903. The summed E-state index contributed by atoms with van der Waals surface area (Å²) in [6, 6.07) is 2.05. The minimum atomic E-state index is -4.14. The van der Waals surface area contributed by atoms with Crippen molar-refractivity contribution in [2.24, 2.45) is 0 Å². The number of nitrogens with one attached hydrogen (secondary N) is 1. The summed E-state index contributed by atoms with van der Waals surface area (Å²) in [5.41, 5.74) is 5.42. The second-order valence-corrected chi connectivity index (χ2v) is 5.68. The van der Waals surface area contributed by atoms with Gasteiger partial charge in [0, 0.05) is 12.2 Å². The van der Waals surface area contributed by atoms with Crippen molar-refractivity contribution in [1.82, 2.24) is 4.72 Å². The first kappa shape index (κ1) is 15.7. The lowest BCUT2D eigenvalue weighted by atomic mass is 10.3. The molecular formula is C10H12ClFN2O4S. The van der Waals surface area contributed by atoms with Crippen molar-refractivity contribution in [2.45, 2.75) is 11.3 Å². The molecule has 0 saturated carbocycles. The summed E-state index contributed by atoms with van der Waals surface area (Å²) in [7, 11) is -2.96. The molecule has 0 aromatic heterocycles. The van der Waals surface area contributed by atoms with Gasteiger partial charge < -0.3 is 10.5 Å². The quantitative estimate of drug-likeness (QED) is 0.622. The Morgan fingerprint density at radius 2 is 2.16 bits per heavy atom.